The van der Waals surface area contributed by atoms with Crippen LogP contribution in [0.4, 0.5) is 14.5 Å². The monoisotopic (exact) mass is 416 g/mol. The van der Waals surface area contributed by atoms with Gasteiger partial charge in [0.25, 0.3) is 5.91 Å². The van der Waals surface area contributed by atoms with Gasteiger partial charge in [0.1, 0.15) is 6.10 Å². The van der Waals surface area contributed by atoms with Gasteiger partial charge in [-0.3, -0.25) is 9.78 Å². The van der Waals surface area contributed by atoms with E-state index in [1.54, 1.807) is 18.3 Å². The number of nitrogens with zero attached hydrogens (tertiary/aromatic N) is 1. The van der Waals surface area contributed by atoms with E-state index in [-0.39, 0.29) is 11.7 Å². The summed E-state index contributed by atoms with van der Waals surface area (Å²) in [6.45, 7) is 5.67. The minimum Gasteiger partial charge on any atom is -0.487 e. The van der Waals surface area contributed by atoms with Crippen molar-refractivity contribution in [1.82, 2.24) is 4.98 Å². The highest BCUT2D eigenvalue weighted by atomic mass is 19.2. The maximum atomic E-state index is 14.7. The zero-order chi connectivity index (χ0) is 21.4. The fraction of sp³-hybridized carbons (Fsp3) is 0.364. The molecule has 1 aromatic carbocycles. The van der Waals surface area contributed by atoms with E-state index in [0.29, 0.717) is 29.9 Å². The SMILES string of the molecule is C=C1O[C@@H](C(=O)Nc2cccnc2)[C@H](c2ccc(F)c(F)c2OC2CC(O)C2)[C@@H]1C. The number of aliphatic hydroxyl groups is 1. The quantitative estimate of drug-likeness (QED) is 0.780. The number of benzene rings is 1. The Labute approximate surface area is 172 Å². The lowest BCUT2D eigenvalue weighted by Crippen LogP contribution is -2.38. The van der Waals surface area contributed by atoms with E-state index in [0.717, 1.165) is 6.07 Å². The molecule has 1 aliphatic heterocycles. The molecule has 4 rings (SSSR count). The van der Waals surface area contributed by atoms with Crippen LogP contribution in [0.2, 0.25) is 0 Å². The summed E-state index contributed by atoms with van der Waals surface area (Å²) in [6, 6.07) is 5.78. The molecule has 30 heavy (non-hydrogen) atoms. The Morgan fingerprint density at radius 2 is 2.10 bits per heavy atom. The number of anilines is 1. The topological polar surface area (TPSA) is 80.7 Å². The minimum absolute atomic E-state index is 0.249. The van der Waals surface area contributed by atoms with Crippen molar-refractivity contribution in [2.45, 2.75) is 44.0 Å². The van der Waals surface area contributed by atoms with E-state index in [4.69, 9.17) is 9.47 Å². The highest BCUT2D eigenvalue weighted by Gasteiger charge is 2.46. The van der Waals surface area contributed by atoms with Crippen LogP contribution in [0, 0.1) is 17.6 Å². The van der Waals surface area contributed by atoms with E-state index >= 15 is 0 Å². The summed E-state index contributed by atoms with van der Waals surface area (Å²) in [6.07, 6.45) is 1.81. The molecule has 2 N–H and O–H groups in total. The number of hydrogen-bond donors (Lipinski definition) is 2. The molecular formula is C22H22F2N2O4. The molecule has 158 valence electrons. The van der Waals surface area contributed by atoms with Gasteiger partial charge in [0.15, 0.2) is 17.7 Å². The van der Waals surface area contributed by atoms with E-state index in [2.05, 4.69) is 16.9 Å². The number of rotatable bonds is 5. The first-order valence-corrected chi connectivity index (χ1v) is 9.74. The number of allylic oxidation sites excluding steroid dienone is 1. The smallest absolute Gasteiger partial charge is 0.266 e. The molecule has 2 heterocycles. The highest BCUT2D eigenvalue weighted by Crippen LogP contribution is 2.46. The molecule has 0 spiro atoms. The fourth-order valence-corrected chi connectivity index (χ4v) is 3.84. The van der Waals surface area contributed by atoms with Crippen molar-refractivity contribution in [3.05, 3.63) is 66.2 Å². The van der Waals surface area contributed by atoms with Crippen LogP contribution < -0.4 is 10.1 Å². The van der Waals surface area contributed by atoms with Crippen molar-refractivity contribution in [2.75, 3.05) is 5.32 Å². The Hall–Kier alpha value is -3.00. The van der Waals surface area contributed by atoms with Gasteiger partial charge in [-0.15, -0.1) is 0 Å². The van der Waals surface area contributed by atoms with Crippen LogP contribution in [-0.4, -0.2) is 34.3 Å². The van der Waals surface area contributed by atoms with Gasteiger partial charge in [-0.05, 0) is 18.2 Å². The van der Waals surface area contributed by atoms with Gasteiger partial charge in [0, 0.05) is 36.4 Å². The van der Waals surface area contributed by atoms with Crippen molar-refractivity contribution < 1.29 is 28.2 Å². The molecule has 1 saturated heterocycles. The first-order valence-electron chi connectivity index (χ1n) is 9.74. The molecule has 3 atom stereocenters. The number of nitrogens with one attached hydrogen (secondary N) is 1. The molecule has 1 saturated carbocycles. The molecule has 1 amide bonds. The van der Waals surface area contributed by atoms with Gasteiger partial charge in [-0.2, -0.15) is 4.39 Å². The molecule has 8 heteroatoms. The average molecular weight is 416 g/mol. The molecule has 1 aromatic heterocycles. The van der Waals surface area contributed by atoms with Gasteiger partial charge in [0.2, 0.25) is 5.82 Å². The summed E-state index contributed by atoms with van der Waals surface area (Å²) < 4.78 is 40.1. The van der Waals surface area contributed by atoms with Crippen LogP contribution in [0.5, 0.6) is 5.75 Å². The Kier molecular flexibility index (Phi) is 5.42. The Balaban J connectivity index is 1.67. The third-order valence-corrected chi connectivity index (χ3v) is 5.63. The van der Waals surface area contributed by atoms with Crippen LogP contribution in [-0.2, 0) is 9.53 Å². The molecule has 2 aliphatic rings. The standard InChI is InChI=1S/C22H22F2N2O4/c1-11-12(2)29-21(22(28)26-13-4-3-7-25-10-13)18(11)16-5-6-17(23)19(24)20(16)30-15-8-14(27)9-15/h3-7,10-11,14-15,18,21,27H,2,8-9H2,1H3,(H,26,28)/t11-,14?,15?,18+,21-/m1/s1. The van der Waals surface area contributed by atoms with Crippen molar-refractivity contribution in [3.63, 3.8) is 0 Å². The maximum Gasteiger partial charge on any atom is 0.266 e. The molecule has 2 aromatic rings. The molecule has 1 aliphatic carbocycles. The zero-order valence-corrected chi connectivity index (χ0v) is 16.3. The van der Waals surface area contributed by atoms with E-state index in [1.165, 1.54) is 12.3 Å². The first kappa shape index (κ1) is 20.3. The lowest BCUT2D eigenvalue weighted by Gasteiger charge is -2.33. The number of hydrogen-bond acceptors (Lipinski definition) is 5. The Morgan fingerprint density at radius 1 is 1.33 bits per heavy atom. The van der Waals surface area contributed by atoms with Crippen LogP contribution in [0.1, 0.15) is 31.2 Å². The second-order valence-corrected chi connectivity index (χ2v) is 7.69. The van der Waals surface area contributed by atoms with E-state index in [1.807, 2.05) is 6.92 Å². The van der Waals surface area contributed by atoms with Gasteiger partial charge in [0.05, 0.1) is 23.7 Å². The summed E-state index contributed by atoms with van der Waals surface area (Å²) in [5, 5.41) is 12.2. The number of ether oxygens (including phenoxy) is 2. The maximum absolute atomic E-state index is 14.7. The van der Waals surface area contributed by atoms with Crippen molar-refractivity contribution in [3.8, 4) is 5.75 Å². The predicted molar refractivity (Wildman–Crippen MR) is 105 cm³/mol. The van der Waals surface area contributed by atoms with Crippen LogP contribution >= 0.6 is 0 Å². The number of pyridine rings is 1. The van der Waals surface area contributed by atoms with Gasteiger partial charge in [-0.1, -0.05) is 19.6 Å². The van der Waals surface area contributed by atoms with Crippen molar-refractivity contribution >= 4 is 11.6 Å². The highest BCUT2D eigenvalue weighted by molar-refractivity contribution is 5.95. The molecule has 0 radical (unpaired) electrons. The fourth-order valence-electron chi connectivity index (χ4n) is 3.84. The number of amides is 1. The lowest BCUT2D eigenvalue weighted by molar-refractivity contribution is -0.124. The van der Waals surface area contributed by atoms with Crippen LogP contribution in [0.15, 0.2) is 49.0 Å². The molecule has 2 fully saturated rings. The van der Waals surface area contributed by atoms with Gasteiger partial charge < -0.3 is 19.9 Å². The summed E-state index contributed by atoms with van der Waals surface area (Å²) in [7, 11) is 0. The third-order valence-electron chi connectivity index (χ3n) is 5.63. The van der Waals surface area contributed by atoms with Crippen LogP contribution in [0.25, 0.3) is 0 Å². The summed E-state index contributed by atoms with van der Waals surface area (Å²) in [5.41, 5.74) is 0.813. The Bertz CT molecular complexity index is 963. The second-order valence-electron chi connectivity index (χ2n) is 7.69. The second kappa shape index (κ2) is 8.02. The summed E-state index contributed by atoms with van der Waals surface area (Å²) >= 11 is 0. The van der Waals surface area contributed by atoms with Crippen molar-refractivity contribution in [1.29, 1.82) is 0 Å². The van der Waals surface area contributed by atoms with Gasteiger partial charge in [-0.25, -0.2) is 4.39 Å². The first-order chi connectivity index (χ1) is 14.3. The van der Waals surface area contributed by atoms with E-state index in [9.17, 15) is 18.7 Å². The Morgan fingerprint density at radius 3 is 2.77 bits per heavy atom. The summed E-state index contributed by atoms with van der Waals surface area (Å²) in [5.74, 6) is -3.46. The van der Waals surface area contributed by atoms with Gasteiger partial charge >= 0.3 is 0 Å². The third kappa shape index (κ3) is 3.75. The minimum atomic E-state index is -1.12. The number of carbonyl (C=O) groups excluding carboxylic acids is 1. The number of aliphatic hydroxyl groups excluding tert-OH is 1. The molecule has 0 bridgehead atoms. The number of carbonyl (C=O) groups is 1. The summed E-state index contributed by atoms with van der Waals surface area (Å²) in [4.78, 5) is 16.9. The molecular weight excluding hydrogens is 394 g/mol. The number of halogens is 2. The predicted octanol–water partition coefficient (Wildman–Crippen LogP) is 3.53. The molecule has 0 unspecified atom stereocenters. The largest absolute Gasteiger partial charge is 0.487 e. The lowest BCUT2D eigenvalue weighted by atomic mass is 9.83. The molecule has 6 nitrogen and oxygen atoms in total. The number of aromatic nitrogens is 1. The normalized spacial score (nSPS) is 27.9. The van der Waals surface area contributed by atoms with E-state index < -0.39 is 41.8 Å². The zero-order valence-electron chi connectivity index (χ0n) is 16.3. The average Bonchev–Trinajstić information content (AvgIpc) is 3.00. The van der Waals surface area contributed by atoms with Crippen molar-refractivity contribution in [2.24, 2.45) is 5.92 Å². The van der Waals surface area contributed by atoms with Crippen LogP contribution in [0.3, 0.4) is 0 Å².